The van der Waals surface area contributed by atoms with Crippen molar-refractivity contribution in [2.24, 2.45) is 0 Å². The van der Waals surface area contributed by atoms with Gasteiger partial charge < -0.3 is 17.2 Å². The number of benzene rings is 1. The van der Waals surface area contributed by atoms with Crippen LogP contribution in [-0.2, 0) is 0 Å². The van der Waals surface area contributed by atoms with E-state index in [0.717, 1.165) is 24.3 Å². The molecule has 0 fully saturated rings. The molecule has 3 nitrogen and oxygen atoms in total. The van der Waals surface area contributed by atoms with E-state index in [-0.39, 0.29) is 6.15 Å². The standard InChI is InChI=1S/C9H14N2.H3N/c1-2-7-11-9-6-4-3-5-8(9)10;/h3-6,11H,2,7,10H2,1H3;1H3. The van der Waals surface area contributed by atoms with Gasteiger partial charge in [0, 0.05) is 6.54 Å². The van der Waals surface area contributed by atoms with Crippen LogP contribution in [0.15, 0.2) is 24.3 Å². The van der Waals surface area contributed by atoms with Crippen molar-refractivity contribution in [2.45, 2.75) is 13.3 Å². The lowest BCUT2D eigenvalue weighted by Gasteiger charge is -2.06. The molecule has 0 aliphatic rings. The molecule has 68 valence electrons. The highest BCUT2D eigenvalue weighted by molar-refractivity contribution is 5.65. The Labute approximate surface area is 73.6 Å². The van der Waals surface area contributed by atoms with E-state index in [2.05, 4.69) is 12.2 Å². The topological polar surface area (TPSA) is 73.0 Å². The molecule has 0 unspecified atom stereocenters. The second kappa shape index (κ2) is 5.43. The summed E-state index contributed by atoms with van der Waals surface area (Å²) < 4.78 is 0. The summed E-state index contributed by atoms with van der Waals surface area (Å²) in [4.78, 5) is 0. The van der Waals surface area contributed by atoms with Crippen molar-refractivity contribution in [1.82, 2.24) is 6.15 Å². The maximum atomic E-state index is 5.70. The summed E-state index contributed by atoms with van der Waals surface area (Å²) in [6.07, 6.45) is 1.12. The second-order valence-corrected chi connectivity index (χ2v) is 2.51. The van der Waals surface area contributed by atoms with Crippen LogP contribution in [0.2, 0.25) is 0 Å². The number of hydrogen-bond donors (Lipinski definition) is 3. The van der Waals surface area contributed by atoms with Gasteiger partial charge in [-0.25, -0.2) is 0 Å². The van der Waals surface area contributed by atoms with Crippen molar-refractivity contribution in [3.05, 3.63) is 24.3 Å². The van der Waals surface area contributed by atoms with E-state index in [9.17, 15) is 0 Å². The Bertz CT molecular complexity index is 223. The lowest BCUT2D eigenvalue weighted by molar-refractivity contribution is 0.980. The van der Waals surface area contributed by atoms with Gasteiger partial charge in [-0.15, -0.1) is 0 Å². The molecule has 0 aliphatic heterocycles. The van der Waals surface area contributed by atoms with E-state index in [1.807, 2.05) is 24.3 Å². The van der Waals surface area contributed by atoms with Crippen molar-refractivity contribution in [1.29, 1.82) is 0 Å². The van der Waals surface area contributed by atoms with Crippen LogP contribution in [-0.4, -0.2) is 6.54 Å². The molecule has 0 bridgehead atoms. The molecular formula is C9H17N3. The van der Waals surface area contributed by atoms with E-state index in [1.165, 1.54) is 0 Å². The molecule has 0 saturated carbocycles. The average Bonchev–Trinajstić information content (AvgIpc) is 2.03. The monoisotopic (exact) mass is 167 g/mol. The summed E-state index contributed by atoms with van der Waals surface area (Å²) >= 11 is 0. The predicted octanol–water partition coefficient (Wildman–Crippen LogP) is 2.25. The molecule has 3 heteroatoms. The van der Waals surface area contributed by atoms with Crippen LogP contribution in [0.3, 0.4) is 0 Å². The van der Waals surface area contributed by atoms with Gasteiger partial charge in [0.25, 0.3) is 0 Å². The Morgan fingerprint density at radius 1 is 1.33 bits per heavy atom. The van der Waals surface area contributed by atoms with Gasteiger partial charge >= 0.3 is 0 Å². The van der Waals surface area contributed by atoms with Crippen LogP contribution < -0.4 is 17.2 Å². The fourth-order valence-corrected chi connectivity index (χ4v) is 0.918. The SMILES string of the molecule is CCCNc1ccccc1N.N. The zero-order chi connectivity index (χ0) is 8.10. The van der Waals surface area contributed by atoms with Crippen molar-refractivity contribution in [3.63, 3.8) is 0 Å². The van der Waals surface area contributed by atoms with E-state index >= 15 is 0 Å². The molecule has 0 aromatic heterocycles. The molecule has 0 atom stereocenters. The number of hydrogen-bond acceptors (Lipinski definition) is 3. The third kappa shape index (κ3) is 2.80. The normalized spacial score (nSPS) is 8.75. The zero-order valence-corrected chi connectivity index (χ0v) is 7.51. The molecule has 1 aromatic carbocycles. The first-order chi connectivity index (χ1) is 5.34. The molecule has 6 N–H and O–H groups in total. The third-order valence-electron chi connectivity index (χ3n) is 1.53. The summed E-state index contributed by atoms with van der Waals surface area (Å²) in [5.74, 6) is 0. The van der Waals surface area contributed by atoms with E-state index < -0.39 is 0 Å². The summed E-state index contributed by atoms with van der Waals surface area (Å²) in [5.41, 5.74) is 7.56. The Morgan fingerprint density at radius 2 is 2.00 bits per heavy atom. The molecule has 0 amide bonds. The Kier molecular flexibility index (Phi) is 4.88. The van der Waals surface area contributed by atoms with Crippen molar-refractivity contribution >= 4 is 11.4 Å². The molecule has 0 aliphatic carbocycles. The number of nitrogen functional groups attached to an aromatic ring is 1. The first kappa shape index (κ1) is 10.8. The first-order valence-electron chi connectivity index (χ1n) is 3.93. The van der Waals surface area contributed by atoms with Crippen LogP contribution in [0, 0.1) is 0 Å². The quantitative estimate of drug-likeness (QED) is 0.604. The fraction of sp³-hybridized carbons (Fsp3) is 0.333. The fourth-order valence-electron chi connectivity index (χ4n) is 0.918. The zero-order valence-electron chi connectivity index (χ0n) is 7.51. The molecule has 1 aromatic rings. The second-order valence-electron chi connectivity index (χ2n) is 2.51. The Hall–Kier alpha value is -1.22. The molecule has 0 heterocycles. The first-order valence-corrected chi connectivity index (χ1v) is 3.93. The van der Waals surface area contributed by atoms with Crippen molar-refractivity contribution in [3.8, 4) is 0 Å². The van der Waals surface area contributed by atoms with Crippen LogP contribution in [0.1, 0.15) is 13.3 Å². The number of para-hydroxylation sites is 2. The van der Waals surface area contributed by atoms with Gasteiger partial charge in [0.15, 0.2) is 0 Å². The largest absolute Gasteiger partial charge is 0.397 e. The van der Waals surface area contributed by atoms with Crippen LogP contribution in [0.25, 0.3) is 0 Å². The van der Waals surface area contributed by atoms with Crippen LogP contribution >= 0.6 is 0 Å². The summed E-state index contributed by atoms with van der Waals surface area (Å²) in [7, 11) is 0. The minimum absolute atomic E-state index is 0. The third-order valence-corrected chi connectivity index (χ3v) is 1.53. The van der Waals surface area contributed by atoms with Gasteiger partial charge in [-0.3, -0.25) is 0 Å². The van der Waals surface area contributed by atoms with Gasteiger partial charge in [-0.1, -0.05) is 19.1 Å². The van der Waals surface area contributed by atoms with E-state index in [4.69, 9.17) is 5.73 Å². The Balaban J connectivity index is 0.00000121. The average molecular weight is 167 g/mol. The minimum atomic E-state index is 0. The maximum Gasteiger partial charge on any atom is 0.0573 e. The predicted molar refractivity (Wildman–Crippen MR) is 54.7 cm³/mol. The molecular weight excluding hydrogens is 150 g/mol. The lowest BCUT2D eigenvalue weighted by Crippen LogP contribution is -2.02. The molecule has 0 spiro atoms. The summed E-state index contributed by atoms with van der Waals surface area (Å²) in [5, 5.41) is 3.24. The number of rotatable bonds is 3. The summed E-state index contributed by atoms with van der Waals surface area (Å²) in [6.45, 7) is 3.11. The Morgan fingerprint density at radius 3 is 2.58 bits per heavy atom. The molecule has 1 rings (SSSR count). The molecule has 0 saturated heterocycles. The van der Waals surface area contributed by atoms with Gasteiger partial charge in [0.2, 0.25) is 0 Å². The smallest absolute Gasteiger partial charge is 0.0573 e. The molecule has 0 radical (unpaired) electrons. The number of nitrogens with two attached hydrogens (primary N) is 1. The van der Waals surface area contributed by atoms with Gasteiger partial charge in [-0.2, -0.15) is 0 Å². The highest BCUT2D eigenvalue weighted by Gasteiger charge is 1.92. The van der Waals surface area contributed by atoms with Gasteiger partial charge in [0.1, 0.15) is 0 Å². The van der Waals surface area contributed by atoms with E-state index in [1.54, 1.807) is 0 Å². The lowest BCUT2D eigenvalue weighted by atomic mass is 10.2. The van der Waals surface area contributed by atoms with Gasteiger partial charge in [0.05, 0.1) is 11.4 Å². The van der Waals surface area contributed by atoms with Gasteiger partial charge in [-0.05, 0) is 18.6 Å². The highest BCUT2D eigenvalue weighted by atomic mass is 14.9. The van der Waals surface area contributed by atoms with E-state index in [0.29, 0.717) is 0 Å². The van der Waals surface area contributed by atoms with Crippen LogP contribution in [0.5, 0.6) is 0 Å². The van der Waals surface area contributed by atoms with Crippen molar-refractivity contribution in [2.75, 3.05) is 17.6 Å². The number of nitrogens with one attached hydrogen (secondary N) is 1. The maximum absolute atomic E-state index is 5.70. The van der Waals surface area contributed by atoms with Crippen molar-refractivity contribution < 1.29 is 0 Å². The minimum Gasteiger partial charge on any atom is -0.397 e. The van der Waals surface area contributed by atoms with Crippen LogP contribution in [0.4, 0.5) is 11.4 Å². The highest BCUT2D eigenvalue weighted by Crippen LogP contribution is 2.15. The summed E-state index contributed by atoms with van der Waals surface area (Å²) in [6, 6.07) is 7.81. The molecule has 12 heavy (non-hydrogen) atoms. The number of anilines is 2.